The molecule has 0 unspecified atom stereocenters. The number of amides is 1. The highest BCUT2D eigenvalue weighted by Crippen LogP contribution is 2.24. The minimum Gasteiger partial charge on any atom is -0.341 e. The van der Waals surface area contributed by atoms with Crippen LogP contribution >= 0.6 is 0 Å². The van der Waals surface area contributed by atoms with Crippen LogP contribution in [-0.4, -0.2) is 36.5 Å². The molecule has 2 rings (SSSR count). The molecule has 2 heterocycles. The Morgan fingerprint density at radius 3 is 3.00 bits per heavy atom. The number of carbonyl (C=O) groups excluding carboxylic acids is 1. The van der Waals surface area contributed by atoms with Gasteiger partial charge in [0, 0.05) is 26.1 Å². The number of likely N-dealkylation sites (tertiary alicyclic amines) is 1. The summed E-state index contributed by atoms with van der Waals surface area (Å²) in [4.78, 5) is 12.9. The third-order valence-corrected chi connectivity index (χ3v) is 2.81. The van der Waals surface area contributed by atoms with Crippen molar-refractivity contribution in [2.75, 3.05) is 19.6 Å². The van der Waals surface area contributed by atoms with E-state index in [1.54, 1.807) is 6.92 Å². The lowest BCUT2D eigenvalue weighted by Crippen LogP contribution is -2.32. The summed E-state index contributed by atoms with van der Waals surface area (Å²) < 4.78 is 0. The van der Waals surface area contributed by atoms with Gasteiger partial charge in [-0.25, -0.2) is 0 Å². The van der Waals surface area contributed by atoms with Gasteiger partial charge in [-0.3, -0.25) is 4.79 Å². The molecule has 0 aromatic heterocycles. The van der Waals surface area contributed by atoms with Crippen molar-refractivity contribution in [1.29, 1.82) is 0 Å². The molecule has 2 atom stereocenters. The summed E-state index contributed by atoms with van der Waals surface area (Å²) in [5.74, 6) is 0.958. The first kappa shape index (κ1) is 7.10. The topological polar surface area (TPSA) is 32.3 Å². The number of nitrogens with zero attached hydrogens (tertiary/aromatic N) is 1. The van der Waals surface area contributed by atoms with E-state index in [9.17, 15) is 4.79 Å². The molecular formula is C8H14N2O. The summed E-state index contributed by atoms with van der Waals surface area (Å²) in [6.07, 6.45) is 1.24. The monoisotopic (exact) mass is 154 g/mol. The Hall–Kier alpha value is -0.570. The lowest BCUT2D eigenvalue weighted by molar-refractivity contribution is -0.128. The Morgan fingerprint density at radius 1 is 1.55 bits per heavy atom. The summed E-state index contributed by atoms with van der Waals surface area (Å²) in [6, 6.07) is 0.596. The molecule has 0 aliphatic carbocycles. The van der Waals surface area contributed by atoms with Crippen LogP contribution in [0.1, 0.15) is 13.3 Å². The SMILES string of the molecule is CC(=O)N1C[C@@H]2CCN[C@@H]2C1. The summed E-state index contributed by atoms with van der Waals surface area (Å²) in [5.41, 5.74) is 0. The van der Waals surface area contributed by atoms with Crippen LogP contribution in [0.4, 0.5) is 0 Å². The van der Waals surface area contributed by atoms with Gasteiger partial charge in [0.1, 0.15) is 0 Å². The predicted molar refractivity (Wildman–Crippen MR) is 42.2 cm³/mol. The molecule has 0 saturated carbocycles. The molecule has 0 spiro atoms. The lowest BCUT2D eigenvalue weighted by Gasteiger charge is -2.13. The fourth-order valence-corrected chi connectivity index (χ4v) is 2.11. The number of fused-ring (bicyclic) bond motifs is 1. The third kappa shape index (κ3) is 1.13. The average Bonchev–Trinajstić information content (AvgIpc) is 2.40. The Kier molecular flexibility index (Phi) is 1.60. The van der Waals surface area contributed by atoms with Gasteiger partial charge in [-0.2, -0.15) is 0 Å². The van der Waals surface area contributed by atoms with Crippen LogP contribution in [0, 0.1) is 5.92 Å². The van der Waals surface area contributed by atoms with Crippen LogP contribution in [-0.2, 0) is 4.79 Å². The van der Waals surface area contributed by atoms with Crippen molar-refractivity contribution in [2.24, 2.45) is 5.92 Å². The maximum atomic E-state index is 11.0. The van der Waals surface area contributed by atoms with Gasteiger partial charge in [-0.1, -0.05) is 0 Å². The molecule has 3 heteroatoms. The highest BCUT2D eigenvalue weighted by atomic mass is 16.2. The highest BCUT2D eigenvalue weighted by Gasteiger charge is 2.36. The minimum absolute atomic E-state index is 0.223. The second-order valence-electron chi connectivity index (χ2n) is 3.53. The molecule has 0 bridgehead atoms. The number of nitrogens with one attached hydrogen (secondary N) is 1. The maximum Gasteiger partial charge on any atom is 0.219 e. The number of rotatable bonds is 0. The zero-order valence-electron chi connectivity index (χ0n) is 6.84. The zero-order chi connectivity index (χ0) is 7.84. The Balaban J connectivity index is 1.99. The van der Waals surface area contributed by atoms with E-state index in [2.05, 4.69) is 5.32 Å². The van der Waals surface area contributed by atoms with Gasteiger partial charge < -0.3 is 10.2 Å². The van der Waals surface area contributed by atoms with Gasteiger partial charge in [0.2, 0.25) is 5.91 Å². The first-order valence-electron chi connectivity index (χ1n) is 4.26. The average molecular weight is 154 g/mol. The van der Waals surface area contributed by atoms with Gasteiger partial charge in [0.15, 0.2) is 0 Å². The second-order valence-corrected chi connectivity index (χ2v) is 3.53. The van der Waals surface area contributed by atoms with Gasteiger partial charge in [-0.15, -0.1) is 0 Å². The number of hydrogen-bond acceptors (Lipinski definition) is 2. The fourth-order valence-electron chi connectivity index (χ4n) is 2.11. The summed E-state index contributed by atoms with van der Waals surface area (Å²) >= 11 is 0. The van der Waals surface area contributed by atoms with Crippen LogP contribution in [0.15, 0.2) is 0 Å². The molecule has 0 radical (unpaired) electrons. The lowest BCUT2D eigenvalue weighted by atomic mass is 10.1. The Morgan fingerprint density at radius 2 is 2.36 bits per heavy atom. The van der Waals surface area contributed by atoms with Crippen molar-refractivity contribution in [3.63, 3.8) is 0 Å². The first-order valence-corrected chi connectivity index (χ1v) is 4.26. The van der Waals surface area contributed by atoms with E-state index in [-0.39, 0.29) is 5.91 Å². The number of carbonyl (C=O) groups is 1. The zero-order valence-corrected chi connectivity index (χ0v) is 6.84. The van der Waals surface area contributed by atoms with E-state index in [0.29, 0.717) is 6.04 Å². The third-order valence-electron chi connectivity index (χ3n) is 2.81. The summed E-state index contributed by atoms with van der Waals surface area (Å²) in [7, 11) is 0. The second kappa shape index (κ2) is 2.48. The quantitative estimate of drug-likeness (QED) is 0.525. The van der Waals surface area contributed by atoms with Crippen LogP contribution in [0.2, 0.25) is 0 Å². The van der Waals surface area contributed by atoms with Crippen LogP contribution in [0.5, 0.6) is 0 Å². The van der Waals surface area contributed by atoms with Crippen LogP contribution in [0.3, 0.4) is 0 Å². The van der Waals surface area contributed by atoms with Gasteiger partial charge in [0.05, 0.1) is 0 Å². The largest absolute Gasteiger partial charge is 0.341 e. The molecule has 0 aromatic carbocycles. The van der Waals surface area contributed by atoms with Gasteiger partial charge >= 0.3 is 0 Å². The molecule has 2 fully saturated rings. The molecule has 0 aromatic rings. The van der Waals surface area contributed by atoms with E-state index in [4.69, 9.17) is 0 Å². The first-order chi connectivity index (χ1) is 5.27. The Bertz CT molecular complexity index is 169. The smallest absolute Gasteiger partial charge is 0.219 e. The van der Waals surface area contributed by atoms with Crippen molar-refractivity contribution in [3.8, 4) is 0 Å². The fraction of sp³-hybridized carbons (Fsp3) is 0.875. The molecule has 2 saturated heterocycles. The van der Waals surface area contributed by atoms with E-state index in [0.717, 1.165) is 25.6 Å². The molecule has 2 aliphatic rings. The predicted octanol–water partition coefficient (Wildman–Crippen LogP) is -0.173. The molecule has 1 amide bonds. The van der Waals surface area contributed by atoms with E-state index < -0.39 is 0 Å². The van der Waals surface area contributed by atoms with Gasteiger partial charge in [-0.05, 0) is 18.9 Å². The molecule has 1 N–H and O–H groups in total. The molecule has 62 valence electrons. The Labute approximate surface area is 66.8 Å². The van der Waals surface area contributed by atoms with E-state index >= 15 is 0 Å². The molecule has 3 nitrogen and oxygen atoms in total. The van der Waals surface area contributed by atoms with Crippen molar-refractivity contribution >= 4 is 5.91 Å². The van der Waals surface area contributed by atoms with Crippen LogP contribution < -0.4 is 5.32 Å². The normalized spacial score (nSPS) is 35.9. The number of hydrogen-bond donors (Lipinski definition) is 1. The molecule has 2 aliphatic heterocycles. The van der Waals surface area contributed by atoms with Crippen molar-refractivity contribution in [2.45, 2.75) is 19.4 Å². The summed E-state index contributed by atoms with van der Waals surface area (Å²) in [6.45, 7) is 4.70. The van der Waals surface area contributed by atoms with E-state index in [1.165, 1.54) is 6.42 Å². The van der Waals surface area contributed by atoms with Gasteiger partial charge in [0.25, 0.3) is 0 Å². The van der Waals surface area contributed by atoms with Crippen molar-refractivity contribution < 1.29 is 4.79 Å². The minimum atomic E-state index is 0.223. The highest BCUT2D eigenvalue weighted by molar-refractivity contribution is 5.73. The standard InChI is InChI=1S/C8H14N2O/c1-6(11)10-4-7-2-3-9-8(7)5-10/h7-9H,2-5H2,1H3/t7-,8+/m0/s1. The van der Waals surface area contributed by atoms with Crippen molar-refractivity contribution in [3.05, 3.63) is 0 Å². The summed E-state index contributed by atoms with van der Waals surface area (Å²) in [5, 5.41) is 3.41. The van der Waals surface area contributed by atoms with Crippen molar-refractivity contribution in [1.82, 2.24) is 10.2 Å². The van der Waals surface area contributed by atoms with E-state index in [1.807, 2.05) is 4.90 Å². The van der Waals surface area contributed by atoms with Crippen LogP contribution in [0.25, 0.3) is 0 Å². The maximum absolute atomic E-state index is 11.0. The molecular weight excluding hydrogens is 140 g/mol. The molecule has 11 heavy (non-hydrogen) atoms.